The maximum atomic E-state index is 13.4. The Bertz CT molecular complexity index is 1230. The summed E-state index contributed by atoms with van der Waals surface area (Å²) in [5.41, 5.74) is 4.40. The molecule has 0 saturated carbocycles. The van der Waals surface area contributed by atoms with Crippen molar-refractivity contribution in [1.29, 1.82) is 0 Å². The highest BCUT2D eigenvalue weighted by Crippen LogP contribution is 2.30. The van der Waals surface area contributed by atoms with Gasteiger partial charge in [0, 0.05) is 42.9 Å². The summed E-state index contributed by atoms with van der Waals surface area (Å²) in [5, 5.41) is 6.08. The number of fused-ring (bicyclic) bond motifs is 1. The van der Waals surface area contributed by atoms with Gasteiger partial charge in [0.15, 0.2) is 15.6 Å². The van der Waals surface area contributed by atoms with Crippen LogP contribution in [0, 0.1) is 5.92 Å². The van der Waals surface area contributed by atoms with Gasteiger partial charge in [-0.1, -0.05) is 30.3 Å². The maximum Gasteiger partial charge on any atom is 0.323 e. The molecular weight excluding hydrogens is 440 g/mol. The molecule has 1 unspecified atom stereocenters. The zero-order valence-electron chi connectivity index (χ0n) is 18.2. The summed E-state index contributed by atoms with van der Waals surface area (Å²) in [4.78, 5) is 32.4. The molecule has 1 fully saturated rings. The minimum absolute atomic E-state index is 0.0373. The van der Waals surface area contributed by atoms with Gasteiger partial charge in [0.1, 0.15) is 5.82 Å². The van der Waals surface area contributed by atoms with Crippen LogP contribution < -0.4 is 10.6 Å². The highest BCUT2D eigenvalue weighted by atomic mass is 32.2. The molecule has 3 aliphatic rings. The molecule has 3 aliphatic heterocycles. The van der Waals surface area contributed by atoms with Crippen molar-refractivity contribution < 1.29 is 18.0 Å². The first-order valence-electron chi connectivity index (χ1n) is 11.2. The second-order valence-corrected chi connectivity index (χ2v) is 11.0. The summed E-state index contributed by atoms with van der Waals surface area (Å²) >= 11 is 0. The van der Waals surface area contributed by atoms with Crippen molar-refractivity contribution in [2.45, 2.75) is 25.9 Å². The number of sulfone groups is 1. The van der Waals surface area contributed by atoms with Gasteiger partial charge in [-0.25, -0.2) is 18.2 Å². The van der Waals surface area contributed by atoms with Crippen molar-refractivity contribution in [3.63, 3.8) is 0 Å². The number of Topliss-reactive ketones (excluding diaryl/α,β-unsaturated/α-hetero) is 1. The monoisotopic (exact) mass is 466 g/mol. The van der Waals surface area contributed by atoms with E-state index in [0.717, 1.165) is 35.2 Å². The van der Waals surface area contributed by atoms with Gasteiger partial charge < -0.3 is 10.2 Å². The topological polar surface area (TPSA) is 108 Å². The van der Waals surface area contributed by atoms with Crippen LogP contribution in [0.1, 0.15) is 39.9 Å². The molecule has 2 N–H and O–H groups in total. The van der Waals surface area contributed by atoms with E-state index in [2.05, 4.69) is 15.6 Å². The molecule has 4 heterocycles. The van der Waals surface area contributed by atoms with E-state index in [9.17, 15) is 18.0 Å². The SMILES string of the molecule is O=C(c1cc(NC(=O)N2Cc3ccccc3C2)ncc1C1=CCNCC1)C1CCS(=O)(=O)C1. The number of nitrogens with one attached hydrogen (secondary N) is 2. The van der Waals surface area contributed by atoms with Crippen molar-refractivity contribution in [3.8, 4) is 0 Å². The standard InChI is InChI=1S/C24H26N4O4S/c29-23(19-7-10-33(31,32)15-19)20-11-22(26-12-21(20)16-5-8-25-9-6-16)27-24(30)28-13-17-3-1-2-4-18(17)14-28/h1-5,11-12,19,25H,6-10,13-15H2,(H,26,27,30). The van der Waals surface area contributed by atoms with Crippen LogP contribution in [0.25, 0.3) is 5.57 Å². The maximum absolute atomic E-state index is 13.4. The number of ketones is 1. The predicted molar refractivity (Wildman–Crippen MR) is 125 cm³/mol. The first-order chi connectivity index (χ1) is 15.9. The van der Waals surface area contributed by atoms with E-state index >= 15 is 0 Å². The number of anilines is 1. The molecule has 1 aromatic heterocycles. The van der Waals surface area contributed by atoms with Crippen LogP contribution in [0.3, 0.4) is 0 Å². The minimum atomic E-state index is -3.19. The van der Waals surface area contributed by atoms with Gasteiger partial charge >= 0.3 is 6.03 Å². The average Bonchev–Trinajstić information content (AvgIpc) is 3.42. The summed E-state index contributed by atoms with van der Waals surface area (Å²) in [6, 6.07) is 9.25. The number of hydrogen-bond acceptors (Lipinski definition) is 6. The Morgan fingerprint density at radius 1 is 1.15 bits per heavy atom. The number of aromatic nitrogens is 1. The van der Waals surface area contributed by atoms with Gasteiger partial charge in [-0.2, -0.15) is 0 Å². The largest absolute Gasteiger partial charge is 0.323 e. The molecule has 0 bridgehead atoms. The Morgan fingerprint density at radius 2 is 1.91 bits per heavy atom. The van der Waals surface area contributed by atoms with E-state index in [1.807, 2.05) is 30.3 Å². The van der Waals surface area contributed by atoms with Crippen LogP contribution in [0.5, 0.6) is 0 Å². The lowest BCUT2D eigenvalue weighted by atomic mass is 9.90. The van der Waals surface area contributed by atoms with Crippen molar-refractivity contribution in [2.75, 3.05) is 29.9 Å². The van der Waals surface area contributed by atoms with Crippen molar-refractivity contribution in [1.82, 2.24) is 15.2 Å². The number of carbonyl (C=O) groups is 2. The third kappa shape index (κ3) is 4.56. The number of amides is 2. The fourth-order valence-electron chi connectivity index (χ4n) is 4.74. The fourth-order valence-corrected chi connectivity index (χ4v) is 6.48. The summed E-state index contributed by atoms with van der Waals surface area (Å²) in [6.07, 6.45) is 4.74. The first-order valence-corrected chi connectivity index (χ1v) is 13.0. The molecule has 0 spiro atoms. The Hall–Kier alpha value is -3.04. The molecule has 0 aliphatic carbocycles. The van der Waals surface area contributed by atoms with Gasteiger partial charge in [-0.05, 0) is 42.2 Å². The first kappa shape index (κ1) is 21.8. The molecule has 33 heavy (non-hydrogen) atoms. The minimum Gasteiger partial charge on any atom is -0.316 e. The third-order valence-corrected chi connectivity index (χ3v) is 8.31. The normalized spacial score (nSPS) is 21.4. The molecule has 0 radical (unpaired) electrons. The third-order valence-electron chi connectivity index (χ3n) is 6.55. The van der Waals surface area contributed by atoms with E-state index < -0.39 is 15.8 Å². The van der Waals surface area contributed by atoms with Gasteiger partial charge in [-0.15, -0.1) is 0 Å². The second kappa shape index (κ2) is 8.72. The number of carbonyl (C=O) groups excluding carboxylic acids is 2. The molecule has 2 aromatic rings. The molecule has 1 aromatic carbocycles. The molecule has 1 saturated heterocycles. The van der Waals surface area contributed by atoms with E-state index in [4.69, 9.17) is 0 Å². The number of pyridine rings is 1. The second-order valence-electron chi connectivity index (χ2n) is 8.82. The molecule has 8 nitrogen and oxygen atoms in total. The van der Waals surface area contributed by atoms with Gasteiger partial charge in [-0.3, -0.25) is 10.1 Å². The lowest BCUT2D eigenvalue weighted by Gasteiger charge is -2.20. The molecule has 9 heteroatoms. The number of rotatable bonds is 4. The lowest BCUT2D eigenvalue weighted by Crippen LogP contribution is -2.30. The number of hydrogen-bond donors (Lipinski definition) is 2. The summed E-state index contributed by atoms with van der Waals surface area (Å²) in [5.74, 6) is -0.553. The predicted octanol–water partition coefficient (Wildman–Crippen LogP) is 2.62. The zero-order valence-corrected chi connectivity index (χ0v) is 19.0. The Morgan fingerprint density at radius 3 is 2.55 bits per heavy atom. The Labute approximate surface area is 193 Å². The van der Waals surface area contributed by atoms with Crippen molar-refractivity contribution >= 4 is 33.0 Å². The van der Waals surface area contributed by atoms with Gasteiger partial charge in [0.25, 0.3) is 0 Å². The zero-order chi connectivity index (χ0) is 23.0. The van der Waals surface area contributed by atoms with Crippen LogP contribution in [-0.4, -0.2) is 54.7 Å². The van der Waals surface area contributed by atoms with E-state index in [1.54, 1.807) is 17.2 Å². The van der Waals surface area contributed by atoms with Crippen LogP contribution in [-0.2, 0) is 22.9 Å². The van der Waals surface area contributed by atoms with Crippen LogP contribution in [0.2, 0.25) is 0 Å². The van der Waals surface area contributed by atoms with Gasteiger partial charge in [0.05, 0.1) is 11.5 Å². The van der Waals surface area contributed by atoms with Crippen LogP contribution >= 0.6 is 0 Å². The van der Waals surface area contributed by atoms with E-state index in [1.165, 1.54) is 0 Å². The molecule has 172 valence electrons. The summed E-state index contributed by atoms with van der Waals surface area (Å²) in [6.45, 7) is 2.54. The molecule has 1 atom stereocenters. The average molecular weight is 467 g/mol. The molecular formula is C24H26N4O4S. The van der Waals surface area contributed by atoms with Crippen LogP contribution in [0.15, 0.2) is 42.6 Å². The Balaban J connectivity index is 1.41. The lowest BCUT2D eigenvalue weighted by molar-refractivity contribution is 0.0933. The smallest absolute Gasteiger partial charge is 0.316 e. The molecule has 2 amide bonds. The summed E-state index contributed by atoms with van der Waals surface area (Å²) in [7, 11) is -3.19. The highest BCUT2D eigenvalue weighted by molar-refractivity contribution is 7.91. The highest BCUT2D eigenvalue weighted by Gasteiger charge is 2.35. The Kier molecular flexibility index (Phi) is 5.76. The van der Waals surface area contributed by atoms with Crippen molar-refractivity contribution in [2.24, 2.45) is 5.92 Å². The number of urea groups is 1. The summed E-state index contributed by atoms with van der Waals surface area (Å²) < 4.78 is 23.9. The quantitative estimate of drug-likeness (QED) is 0.671. The fraction of sp³-hybridized carbons (Fsp3) is 0.375. The van der Waals surface area contributed by atoms with E-state index in [-0.39, 0.29) is 23.3 Å². The van der Waals surface area contributed by atoms with E-state index in [0.29, 0.717) is 37.4 Å². The van der Waals surface area contributed by atoms with Crippen molar-refractivity contribution in [3.05, 3.63) is 64.9 Å². The van der Waals surface area contributed by atoms with Gasteiger partial charge in [0.2, 0.25) is 0 Å². The number of nitrogens with zero attached hydrogens (tertiary/aromatic N) is 2. The van der Waals surface area contributed by atoms with Crippen LogP contribution in [0.4, 0.5) is 10.6 Å². The molecule has 5 rings (SSSR count). The number of benzene rings is 1.